The van der Waals surface area contributed by atoms with Gasteiger partial charge in [-0.3, -0.25) is 0 Å². The van der Waals surface area contributed by atoms with Gasteiger partial charge in [-0.25, -0.2) is 4.79 Å². The molecule has 0 radical (unpaired) electrons. The molecule has 16 heavy (non-hydrogen) atoms. The second-order valence-corrected chi connectivity index (χ2v) is 5.17. The minimum atomic E-state index is -0.245. The largest absolute Gasteiger partial charge is 0.447 e. The normalized spacial score (nSPS) is 24.4. The van der Waals surface area contributed by atoms with Crippen molar-refractivity contribution < 1.29 is 9.53 Å². The van der Waals surface area contributed by atoms with Gasteiger partial charge in [-0.15, -0.1) is 0 Å². The zero-order valence-corrected chi connectivity index (χ0v) is 9.91. The van der Waals surface area contributed by atoms with E-state index in [2.05, 4.69) is 0 Å². The summed E-state index contributed by atoms with van der Waals surface area (Å²) in [7, 11) is 0. The Bertz CT molecular complexity index is 243. The van der Waals surface area contributed by atoms with Crippen molar-refractivity contribution in [3.8, 4) is 0 Å². The van der Waals surface area contributed by atoms with Crippen molar-refractivity contribution in [2.45, 2.75) is 50.5 Å². The molecule has 0 aromatic carbocycles. The Balaban J connectivity index is 1.74. The first-order valence-electron chi connectivity index (χ1n) is 6.40. The molecular formula is C12H22N2O2. The molecule has 0 aromatic rings. The number of hydrogen-bond acceptors (Lipinski definition) is 3. The molecule has 1 saturated heterocycles. The number of amides is 1. The topological polar surface area (TPSA) is 55.6 Å². The SMILES string of the molecule is NC1(COC(=O)N2CCCCC2)CCCC1. The van der Waals surface area contributed by atoms with Crippen molar-refractivity contribution in [1.29, 1.82) is 0 Å². The minimum Gasteiger partial charge on any atom is -0.447 e. The molecule has 1 heterocycles. The molecule has 0 aromatic heterocycles. The standard InChI is InChI=1S/C12H22N2O2/c13-12(6-2-3-7-12)10-16-11(15)14-8-4-1-5-9-14/h1-10,13H2. The number of ether oxygens (including phenoxy) is 1. The van der Waals surface area contributed by atoms with Crippen LogP contribution in [0, 0.1) is 0 Å². The summed E-state index contributed by atoms with van der Waals surface area (Å²) in [6.45, 7) is 2.08. The van der Waals surface area contributed by atoms with E-state index in [1.54, 1.807) is 0 Å². The van der Waals surface area contributed by atoms with E-state index in [0.717, 1.165) is 51.6 Å². The predicted octanol–water partition coefficient (Wildman–Crippen LogP) is 1.88. The first-order valence-corrected chi connectivity index (χ1v) is 6.40. The molecule has 4 nitrogen and oxygen atoms in total. The van der Waals surface area contributed by atoms with E-state index < -0.39 is 0 Å². The summed E-state index contributed by atoms with van der Waals surface area (Å²) in [4.78, 5) is 13.6. The van der Waals surface area contributed by atoms with Gasteiger partial charge in [-0.2, -0.15) is 0 Å². The molecule has 0 unspecified atom stereocenters. The van der Waals surface area contributed by atoms with Gasteiger partial charge in [-0.05, 0) is 32.1 Å². The Labute approximate surface area is 97.1 Å². The van der Waals surface area contributed by atoms with E-state index in [9.17, 15) is 4.79 Å². The zero-order chi connectivity index (χ0) is 11.4. The number of piperidine rings is 1. The van der Waals surface area contributed by atoms with Crippen LogP contribution < -0.4 is 5.73 Å². The van der Waals surface area contributed by atoms with Gasteiger partial charge in [0.2, 0.25) is 0 Å². The third-order valence-corrected chi connectivity index (χ3v) is 3.70. The third kappa shape index (κ3) is 2.88. The van der Waals surface area contributed by atoms with Gasteiger partial charge >= 0.3 is 6.09 Å². The quantitative estimate of drug-likeness (QED) is 0.782. The first-order chi connectivity index (χ1) is 7.70. The fourth-order valence-corrected chi connectivity index (χ4v) is 2.60. The van der Waals surface area contributed by atoms with E-state index in [1.165, 1.54) is 6.42 Å². The lowest BCUT2D eigenvalue weighted by molar-refractivity contribution is 0.0754. The highest BCUT2D eigenvalue weighted by Gasteiger charge is 2.31. The van der Waals surface area contributed by atoms with E-state index in [4.69, 9.17) is 10.5 Å². The molecule has 2 rings (SSSR count). The molecule has 2 N–H and O–H groups in total. The van der Waals surface area contributed by atoms with E-state index >= 15 is 0 Å². The summed E-state index contributed by atoms with van der Waals surface area (Å²) < 4.78 is 5.33. The second kappa shape index (κ2) is 5.04. The van der Waals surface area contributed by atoms with Crippen LogP contribution in [0.5, 0.6) is 0 Å². The molecule has 92 valence electrons. The molecule has 1 amide bonds. The molecule has 4 heteroatoms. The van der Waals surface area contributed by atoms with Crippen LogP contribution in [-0.4, -0.2) is 36.2 Å². The highest BCUT2D eigenvalue weighted by Crippen LogP contribution is 2.27. The van der Waals surface area contributed by atoms with E-state index in [-0.39, 0.29) is 11.6 Å². The van der Waals surface area contributed by atoms with Crippen LogP contribution in [0.2, 0.25) is 0 Å². The average Bonchev–Trinajstić information content (AvgIpc) is 2.75. The number of likely N-dealkylation sites (tertiary alicyclic amines) is 1. The Hall–Kier alpha value is -0.770. The van der Waals surface area contributed by atoms with Crippen LogP contribution in [-0.2, 0) is 4.74 Å². The lowest BCUT2D eigenvalue weighted by atomic mass is 10.0. The zero-order valence-electron chi connectivity index (χ0n) is 9.91. The summed E-state index contributed by atoms with van der Waals surface area (Å²) in [5.74, 6) is 0. The van der Waals surface area contributed by atoms with Gasteiger partial charge in [-0.1, -0.05) is 12.8 Å². The summed E-state index contributed by atoms with van der Waals surface area (Å²) in [5, 5.41) is 0. The molecule has 0 bridgehead atoms. The highest BCUT2D eigenvalue weighted by molar-refractivity contribution is 5.67. The Morgan fingerprint density at radius 3 is 2.38 bits per heavy atom. The van der Waals surface area contributed by atoms with E-state index in [1.807, 2.05) is 4.90 Å². The Morgan fingerprint density at radius 2 is 1.75 bits per heavy atom. The monoisotopic (exact) mass is 226 g/mol. The molecule has 1 saturated carbocycles. The van der Waals surface area contributed by atoms with Crippen molar-refractivity contribution in [3.63, 3.8) is 0 Å². The molecule has 0 spiro atoms. The van der Waals surface area contributed by atoms with Crippen LogP contribution in [0.15, 0.2) is 0 Å². The predicted molar refractivity (Wildman–Crippen MR) is 62.2 cm³/mol. The van der Waals surface area contributed by atoms with E-state index in [0.29, 0.717) is 6.61 Å². The lowest BCUT2D eigenvalue weighted by Gasteiger charge is -2.28. The third-order valence-electron chi connectivity index (χ3n) is 3.70. The van der Waals surface area contributed by atoms with Gasteiger partial charge in [0, 0.05) is 13.1 Å². The smallest absolute Gasteiger partial charge is 0.409 e. The van der Waals surface area contributed by atoms with Crippen molar-refractivity contribution in [2.24, 2.45) is 5.73 Å². The van der Waals surface area contributed by atoms with Crippen molar-refractivity contribution in [2.75, 3.05) is 19.7 Å². The molecular weight excluding hydrogens is 204 g/mol. The number of nitrogens with zero attached hydrogens (tertiary/aromatic N) is 1. The Kier molecular flexibility index (Phi) is 3.69. The number of rotatable bonds is 2. The maximum Gasteiger partial charge on any atom is 0.409 e. The van der Waals surface area contributed by atoms with Gasteiger partial charge < -0.3 is 15.4 Å². The fourth-order valence-electron chi connectivity index (χ4n) is 2.60. The summed E-state index contributed by atoms with van der Waals surface area (Å²) in [5.41, 5.74) is 5.90. The van der Waals surface area contributed by atoms with Crippen molar-refractivity contribution in [3.05, 3.63) is 0 Å². The highest BCUT2D eigenvalue weighted by atomic mass is 16.6. The first kappa shape index (κ1) is 11.7. The number of hydrogen-bond donors (Lipinski definition) is 1. The second-order valence-electron chi connectivity index (χ2n) is 5.17. The average molecular weight is 226 g/mol. The van der Waals surface area contributed by atoms with Crippen LogP contribution in [0.3, 0.4) is 0 Å². The van der Waals surface area contributed by atoms with Crippen molar-refractivity contribution in [1.82, 2.24) is 4.90 Å². The summed E-state index contributed by atoms with van der Waals surface area (Å²) >= 11 is 0. The fraction of sp³-hybridized carbons (Fsp3) is 0.917. The molecule has 1 aliphatic heterocycles. The van der Waals surface area contributed by atoms with Gasteiger partial charge in [0.25, 0.3) is 0 Å². The maximum atomic E-state index is 11.7. The van der Waals surface area contributed by atoms with Gasteiger partial charge in [0.15, 0.2) is 0 Å². The van der Waals surface area contributed by atoms with Crippen LogP contribution >= 0.6 is 0 Å². The molecule has 2 aliphatic rings. The lowest BCUT2D eigenvalue weighted by Crippen LogP contribution is -2.44. The summed E-state index contributed by atoms with van der Waals surface area (Å²) in [6.07, 6.45) is 7.56. The molecule has 2 fully saturated rings. The van der Waals surface area contributed by atoms with Crippen molar-refractivity contribution >= 4 is 6.09 Å². The molecule has 1 aliphatic carbocycles. The van der Waals surface area contributed by atoms with Crippen LogP contribution in [0.4, 0.5) is 4.79 Å². The number of carbonyl (C=O) groups excluding carboxylic acids is 1. The molecule has 0 atom stereocenters. The maximum absolute atomic E-state index is 11.7. The number of nitrogens with two attached hydrogens (primary N) is 1. The van der Waals surface area contributed by atoms with Gasteiger partial charge in [0.05, 0.1) is 5.54 Å². The van der Waals surface area contributed by atoms with Crippen LogP contribution in [0.25, 0.3) is 0 Å². The Morgan fingerprint density at radius 1 is 1.12 bits per heavy atom. The summed E-state index contributed by atoms with van der Waals surface area (Å²) in [6, 6.07) is 0. The minimum absolute atomic E-state index is 0.170. The van der Waals surface area contributed by atoms with Gasteiger partial charge in [0.1, 0.15) is 6.61 Å². The van der Waals surface area contributed by atoms with Crippen LogP contribution in [0.1, 0.15) is 44.9 Å². The number of carbonyl (C=O) groups is 1.